The van der Waals surface area contributed by atoms with Crippen LogP contribution in [0.5, 0.6) is 6.01 Å². The van der Waals surface area contributed by atoms with E-state index in [2.05, 4.69) is 32.2 Å². The van der Waals surface area contributed by atoms with Gasteiger partial charge in [-0.25, -0.2) is 4.79 Å². The van der Waals surface area contributed by atoms with Crippen LogP contribution in [0.4, 0.5) is 5.82 Å². The zero-order chi connectivity index (χ0) is 20.6. The average molecular weight is 401 g/mol. The minimum atomic E-state index is -0.308. The number of H-pyrrole nitrogens is 1. The molecule has 3 heterocycles. The number of nitrogen functional groups attached to an aromatic ring is 1. The lowest BCUT2D eigenvalue weighted by atomic mass is 10.2. The van der Waals surface area contributed by atoms with Crippen LogP contribution in [0.15, 0.2) is 23.1 Å². The summed E-state index contributed by atoms with van der Waals surface area (Å²) in [6, 6.07) is 4.04. The van der Waals surface area contributed by atoms with Crippen LogP contribution < -0.4 is 21.5 Å². The number of pyridine rings is 1. The fraction of sp³-hybridized carbons (Fsp3) is 0.474. The molecule has 10 heteroatoms. The highest BCUT2D eigenvalue weighted by Gasteiger charge is 2.15. The number of hydrogen-bond acceptors (Lipinski definition) is 8. The fourth-order valence-electron chi connectivity index (χ4n) is 2.78. The van der Waals surface area contributed by atoms with Gasteiger partial charge in [0.25, 0.3) is 0 Å². The van der Waals surface area contributed by atoms with Gasteiger partial charge < -0.3 is 25.5 Å². The van der Waals surface area contributed by atoms with Crippen LogP contribution >= 0.6 is 0 Å². The highest BCUT2D eigenvalue weighted by atomic mass is 16.5. The van der Waals surface area contributed by atoms with Gasteiger partial charge in [0.05, 0.1) is 25.5 Å². The Bertz CT molecular complexity index is 982. The molecule has 4 N–H and O–H groups in total. The van der Waals surface area contributed by atoms with Crippen molar-refractivity contribution in [3.05, 3.63) is 40.1 Å². The summed E-state index contributed by atoms with van der Waals surface area (Å²) in [5.74, 6) is 0.188. The molecular weight excluding hydrogens is 374 g/mol. The monoisotopic (exact) mass is 401 g/mol. The molecule has 29 heavy (non-hydrogen) atoms. The number of rotatable bonds is 11. The van der Waals surface area contributed by atoms with Crippen molar-refractivity contribution >= 4 is 17.0 Å². The summed E-state index contributed by atoms with van der Waals surface area (Å²) >= 11 is 0. The Kier molecular flexibility index (Phi) is 7.14. The van der Waals surface area contributed by atoms with Crippen molar-refractivity contribution in [2.75, 3.05) is 32.6 Å². The van der Waals surface area contributed by atoms with E-state index in [4.69, 9.17) is 15.2 Å². The van der Waals surface area contributed by atoms with Crippen molar-refractivity contribution in [3.8, 4) is 6.01 Å². The van der Waals surface area contributed by atoms with Gasteiger partial charge in [-0.15, -0.1) is 0 Å². The zero-order valence-electron chi connectivity index (χ0n) is 16.8. The molecule has 0 atom stereocenters. The Balaban J connectivity index is 1.76. The smallest absolute Gasteiger partial charge is 0.328 e. The number of unbranched alkanes of at least 4 members (excludes halogenated alkanes) is 1. The molecule has 0 amide bonds. The molecule has 156 valence electrons. The summed E-state index contributed by atoms with van der Waals surface area (Å²) in [6.45, 7) is 4.94. The first kappa shape index (κ1) is 20.7. The van der Waals surface area contributed by atoms with E-state index in [9.17, 15) is 4.79 Å². The van der Waals surface area contributed by atoms with Gasteiger partial charge in [0, 0.05) is 26.4 Å². The standard InChI is InChI=1S/C19H27N7O3/c1-3-4-8-29-18-24-16(20)15-17(25-18)26(19(27)23-15)12-13-5-6-14(22-10-13)11-21-7-9-28-2/h5-6,10,21H,3-4,7-9,11-12H2,1-2H3,(H,23,27)(H2,20,24,25). The van der Waals surface area contributed by atoms with E-state index in [0.717, 1.165) is 30.6 Å². The summed E-state index contributed by atoms with van der Waals surface area (Å²) < 4.78 is 12.1. The quantitative estimate of drug-likeness (QED) is 0.406. The molecule has 0 aliphatic carbocycles. The molecule has 0 aliphatic rings. The molecule has 0 spiro atoms. The van der Waals surface area contributed by atoms with Crippen molar-refractivity contribution in [1.82, 2.24) is 29.8 Å². The van der Waals surface area contributed by atoms with Gasteiger partial charge in [-0.3, -0.25) is 9.55 Å². The Morgan fingerprint density at radius 3 is 2.86 bits per heavy atom. The van der Waals surface area contributed by atoms with Gasteiger partial charge in [0.2, 0.25) is 0 Å². The summed E-state index contributed by atoms with van der Waals surface area (Å²) in [6.07, 6.45) is 3.64. The molecule has 0 aromatic carbocycles. The number of ether oxygens (including phenoxy) is 2. The second kappa shape index (κ2) is 9.99. The van der Waals surface area contributed by atoms with Gasteiger partial charge in [-0.05, 0) is 18.1 Å². The molecule has 0 radical (unpaired) electrons. The van der Waals surface area contributed by atoms with Crippen molar-refractivity contribution in [2.45, 2.75) is 32.9 Å². The molecule has 3 rings (SSSR count). The van der Waals surface area contributed by atoms with E-state index < -0.39 is 0 Å². The summed E-state index contributed by atoms with van der Waals surface area (Å²) in [4.78, 5) is 28.1. The molecule has 0 bridgehead atoms. The lowest BCUT2D eigenvalue weighted by Crippen LogP contribution is -2.20. The molecule has 0 fully saturated rings. The SMILES string of the molecule is CCCCOc1nc(N)c2[nH]c(=O)n(Cc3ccc(CNCCOC)nc3)c2n1. The van der Waals surface area contributed by atoms with Crippen LogP contribution in [0.1, 0.15) is 31.0 Å². The van der Waals surface area contributed by atoms with Crippen molar-refractivity contribution < 1.29 is 9.47 Å². The largest absolute Gasteiger partial charge is 0.463 e. The number of aromatic amines is 1. The Labute approximate surface area is 168 Å². The van der Waals surface area contributed by atoms with Gasteiger partial charge in [-0.1, -0.05) is 19.4 Å². The molecule has 10 nitrogen and oxygen atoms in total. The molecular formula is C19H27N7O3. The summed E-state index contributed by atoms with van der Waals surface area (Å²) in [7, 11) is 1.67. The third-order valence-electron chi connectivity index (χ3n) is 4.37. The Morgan fingerprint density at radius 1 is 1.28 bits per heavy atom. The van der Waals surface area contributed by atoms with E-state index in [1.54, 1.807) is 13.3 Å². The van der Waals surface area contributed by atoms with Crippen LogP contribution in [0.2, 0.25) is 0 Å². The van der Waals surface area contributed by atoms with Crippen LogP contribution in [0, 0.1) is 0 Å². The van der Waals surface area contributed by atoms with Crippen LogP contribution in [-0.4, -0.2) is 51.4 Å². The van der Waals surface area contributed by atoms with Crippen LogP contribution in [0.25, 0.3) is 11.2 Å². The third kappa shape index (κ3) is 5.30. The second-order valence-corrected chi connectivity index (χ2v) is 6.64. The number of methoxy groups -OCH3 is 1. The molecule has 0 saturated heterocycles. The van der Waals surface area contributed by atoms with Crippen molar-refractivity contribution in [2.24, 2.45) is 0 Å². The number of nitrogens with zero attached hydrogens (tertiary/aromatic N) is 4. The first-order chi connectivity index (χ1) is 14.1. The van der Waals surface area contributed by atoms with E-state index in [1.165, 1.54) is 4.57 Å². The van der Waals surface area contributed by atoms with Gasteiger partial charge >= 0.3 is 11.7 Å². The zero-order valence-corrected chi connectivity index (χ0v) is 16.8. The first-order valence-corrected chi connectivity index (χ1v) is 9.64. The fourth-order valence-corrected chi connectivity index (χ4v) is 2.78. The minimum absolute atomic E-state index is 0.173. The highest BCUT2D eigenvalue weighted by Crippen LogP contribution is 2.18. The van der Waals surface area contributed by atoms with E-state index in [-0.39, 0.29) is 17.5 Å². The summed E-state index contributed by atoms with van der Waals surface area (Å²) in [5, 5.41) is 3.24. The number of nitrogens with two attached hydrogens (primary N) is 1. The van der Waals surface area contributed by atoms with Crippen LogP contribution in [-0.2, 0) is 17.8 Å². The predicted molar refractivity (Wildman–Crippen MR) is 110 cm³/mol. The van der Waals surface area contributed by atoms with Crippen LogP contribution in [0.3, 0.4) is 0 Å². The van der Waals surface area contributed by atoms with E-state index in [1.807, 2.05) is 12.1 Å². The van der Waals surface area contributed by atoms with E-state index >= 15 is 0 Å². The molecule has 0 unspecified atom stereocenters. The maximum absolute atomic E-state index is 12.4. The Hall–Kier alpha value is -2.98. The maximum Gasteiger partial charge on any atom is 0.328 e. The van der Waals surface area contributed by atoms with Crippen molar-refractivity contribution in [3.63, 3.8) is 0 Å². The number of hydrogen-bond donors (Lipinski definition) is 3. The third-order valence-corrected chi connectivity index (χ3v) is 4.37. The lowest BCUT2D eigenvalue weighted by Gasteiger charge is -2.07. The highest BCUT2D eigenvalue weighted by molar-refractivity contribution is 5.81. The Morgan fingerprint density at radius 2 is 2.14 bits per heavy atom. The predicted octanol–water partition coefficient (Wildman–Crippen LogP) is 1.06. The summed E-state index contributed by atoms with van der Waals surface area (Å²) in [5.41, 5.74) is 8.28. The number of imidazole rings is 1. The normalized spacial score (nSPS) is 11.2. The topological polar surface area (TPSA) is 133 Å². The average Bonchev–Trinajstić information content (AvgIpc) is 3.03. The number of fused-ring (bicyclic) bond motifs is 1. The van der Waals surface area contributed by atoms with Crippen molar-refractivity contribution in [1.29, 1.82) is 0 Å². The number of anilines is 1. The molecule has 3 aromatic rings. The molecule has 0 aliphatic heterocycles. The second-order valence-electron chi connectivity index (χ2n) is 6.64. The maximum atomic E-state index is 12.4. The van der Waals surface area contributed by atoms with Gasteiger partial charge in [-0.2, -0.15) is 9.97 Å². The number of nitrogens with one attached hydrogen (secondary N) is 2. The first-order valence-electron chi connectivity index (χ1n) is 9.64. The molecule has 0 saturated carbocycles. The van der Waals surface area contributed by atoms with E-state index in [0.29, 0.717) is 37.5 Å². The lowest BCUT2D eigenvalue weighted by molar-refractivity contribution is 0.199. The molecule has 3 aromatic heterocycles. The van der Waals surface area contributed by atoms with Gasteiger partial charge in [0.1, 0.15) is 5.52 Å². The number of aromatic nitrogens is 5. The minimum Gasteiger partial charge on any atom is -0.463 e. The van der Waals surface area contributed by atoms with Gasteiger partial charge in [0.15, 0.2) is 11.5 Å².